The van der Waals surface area contributed by atoms with Crippen molar-refractivity contribution in [3.8, 4) is 0 Å². The van der Waals surface area contributed by atoms with Crippen LogP contribution in [0.15, 0.2) is 12.2 Å². The molecule has 0 saturated heterocycles. The van der Waals surface area contributed by atoms with Gasteiger partial charge in [-0.3, -0.25) is 9.59 Å². The van der Waals surface area contributed by atoms with E-state index in [1.165, 1.54) is 186 Å². The van der Waals surface area contributed by atoms with Crippen molar-refractivity contribution in [2.45, 2.75) is 309 Å². The SMILES string of the molecule is CCCCCCCC/C=C/CCCCCCCC(CC(=O)NC(CO)C(O)CCCCCCCCCCCCCCCC)OC(=O)CCCCCCCCCCCCC. The van der Waals surface area contributed by atoms with Crippen molar-refractivity contribution in [3.05, 3.63) is 12.2 Å². The summed E-state index contributed by atoms with van der Waals surface area (Å²) >= 11 is 0. The minimum absolute atomic E-state index is 0.0788. The van der Waals surface area contributed by atoms with Crippen molar-refractivity contribution in [2.75, 3.05) is 6.61 Å². The summed E-state index contributed by atoms with van der Waals surface area (Å²) in [6, 6.07) is -0.697. The predicted molar refractivity (Wildman–Crippen MR) is 255 cm³/mol. The van der Waals surface area contributed by atoms with Gasteiger partial charge in [-0.2, -0.15) is 0 Å². The molecule has 0 rings (SSSR count). The second kappa shape index (κ2) is 47.6. The number of rotatable bonds is 48. The molecule has 1 amide bonds. The molecule has 0 aromatic carbocycles. The van der Waals surface area contributed by atoms with Gasteiger partial charge < -0.3 is 20.3 Å². The predicted octanol–water partition coefficient (Wildman–Crippen LogP) is 15.7. The van der Waals surface area contributed by atoms with Crippen LogP contribution in [-0.2, 0) is 14.3 Å². The molecule has 0 aromatic rings. The van der Waals surface area contributed by atoms with Crippen molar-refractivity contribution in [3.63, 3.8) is 0 Å². The van der Waals surface area contributed by atoms with Crippen LogP contribution in [0, 0.1) is 0 Å². The van der Waals surface area contributed by atoms with Crippen molar-refractivity contribution in [1.29, 1.82) is 0 Å². The summed E-state index contributed by atoms with van der Waals surface area (Å²) in [5, 5.41) is 23.8. The van der Waals surface area contributed by atoms with E-state index in [1.807, 2.05) is 0 Å². The molecule has 0 saturated carbocycles. The van der Waals surface area contributed by atoms with Crippen LogP contribution in [0.5, 0.6) is 0 Å². The highest BCUT2D eigenvalue weighted by atomic mass is 16.5. The van der Waals surface area contributed by atoms with Gasteiger partial charge in [-0.15, -0.1) is 0 Å². The van der Waals surface area contributed by atoms with Crippen LogP contribution in [0.3, 0.4) is 0 Å². The van der Waals surface area contributed by atoms with E-state index in [2.05, 4.69) is 38.2 Å². The highest BCUT2D eigenvalue weighted by Crippen LogP contribution is 2.18. The molecule has 59 heavy (non-hydrogen) atoms. The zero-order valence-corrected chi connectivity index (χ0v) is 39.9. The number of esters is 1. The Morgan fingerprint density at radius 1 is 0.475 bits per heavy atom. The maximum atomic E-state index is 13.2. The minimum atomic E-state index is -0.784. The number of hydrogen-bond donors (Lipinski definition) is 3. The van der Waals surface area contributed by atoms with E-state index in [9.17, 15) is 19.8 Å². The fourth-order valence-corrected chi connectivity index (χ4v) is 8.31. The smallest absolute Gasteiger partial charge is 0.306 e. The minimum Gasteiger partial charge on any atom is -0.462 e. The van der Waals surface area contributed by atoms with E-state index in [0.717, 1.165) is 57.8 Å². The lowest BCUT2D eigenvalue weighted by Crippen LogP contribution is -2.46. The lowest BCUT2D eigenvalue weighted by atomic mass is 10.0. The topological polar surface area (TPSA) is 95.9 Å². The molecule has 0 heterocycles. The lowest BCUT2D eigenvalue weighted by molar-refractivity contribution is -0.151. The molecule has 0 aromatic heterocycles. The maximum Gasteiger partial charge on any atom is 0.306 e. The summed E-state index contributed by atoms with van der Waals surface area (Å²) < 4.78 is 5.93. The Labute approximate surface area is 368 Å². The fourth-order valence-electron chi connectivity index (χ4n) is 8.31. The molecule has 3 atom stereocenters. The van der Waals surface area contributed by atoms with Crippen molar-refractivity contribution < 1.29 is 24.5 Å². The third-order valence-electron chi connectivity index (χ3n) is 12.3. The average molecular weight is 834 g/mol. The van der Waals surface area contributed by atoms with Gasteiger partial charge in [0.15, 0.2) is 0 Å². The van der Waals surface area contributed by atoms with Crippen LogP contribution in [0.25, 0.3) is 0 Å². The van der Waals surface area contributed by atoms with Crippen molar-refractivity contribution >= 4 is 11.9 Å². The van der Waals surface area contributed by atoms with Crippen LogP contribution in [0.1, 0.15) is 290 Å². The number of aliphatic hydroxyl groups excluding tert-OH is 2. The molecule has 3 unspecified atom stereocenters. The number of nitrogens with one attached hydrogen (secondary N) is 1. The van der Waals surface area contributed by atoms with Crippen LogP contribution < -0.4 is 5.32 Å². The van der Waals surface area contributed by atoms with Crippen LogP contribution in [0.2, 0.25) is 0 Å². The van der Waals surface area contributed by atoms with Gasteiger partial charge in [-0.1, -0.05) is 238 Å². The summed E-state index contributed by atoms with van der Waals surface area (Å²) in [5.41, 5.74) is 0. The Balaban J connectivity index is 4.53. The van der Waals surface area contributed by atoms with E-state index in [0.29, 0.717) is 19.3 Å². The van der Waals surface area contributed by atoms with Gasteiger partial charge in [0, 0.05) is 6.42 Å². The highest BCUT2D eigenvalue weighted by Gasteiger charge is 2.24. The lowest BCUT2D eigenvalue weighted by Gasteiger charge is -2.24. The first-order chi connectivity index (χ1) is 29.0. The molecule has 0 bridgehead atoms. The molecular weight excluding hydrogens is 731 g/mol. The number of aliphatic hydroxyl groups is 2. The molecular formula is C53H103NO5. The molecule has 0 fully saturated rings. The standard InChI is InChI=1S/C53H103NO5/c1-4-7-10-13-16-19-22-24-26-27-30-32-35-38-41-44-49(59-53(58)46-43-40-37-34-29-21-18-15-12-9-6-3)47-52(57)54-50(48-55)51(56)45-42-39-36-33-31-28-25-23-20-17-14-11-8-5-2/h24,26,49-51,55-56H,4-23,25,27-48H2,1-3H3,(H,54,57)/b26-24+. The average Bonchev–Trinajstić information content (AvgIpc) is 3.23. The summed E-state index contributed by atoms with van der Waals surface area (Å²) in [4.78, 5) is 26.1. The van der Waals surface area contributed by atoms with E-state index < -0.39 is 18.2 Å². The third kappa shape index (κ3) is 43.1. The van der Waals surface area contributed by atoms with Gasteiger partial charge in [0.2, 0.25) is 5.91 Å². The highest BCUT2D eigenvalue weighted by molar-refractivity contribution is 5.77. The van der Waals surface area contributed by atoms with E-state index in [4.69, 9.17) is 4.74 Å². The molecule has 0 aliphatic heterocycles. The van der Waals surface area contributed by atoms with Gasteiger partial charge in [0.05, 0.1) is 25.2 Å². The van der Waals surface area contributed by atoms with E-state index in [-0.39, 0.29) is 24.9 Å². The van der Waals surface area contributed by atoms with Gasteiger partial charge in [0.1, 0.15) is 6.10 Å². The molecule has 6 nitrogen and oxygen atoms in total. The number of carbonyl (C=O) groups is 2. The molecule has 350 valence electrons. The zero-order chi connectivity index (χ0) is 43.1. The maximum absolute atomic E-state index is 13.2. The number of allylic oxidation sites excluding steroid dienone is 2. The first kappa shape index (κ1) is 57.6. The first-order valence-electron chi connectivity index (χ1n) is 26.4. The Bertz CT molecular complexity index is 893. The summed E-state index contributed by atoms with van der Waals surface area (Å²) in [6.07, 6.45) is 52.7. The Kier molecular flexibility index (Phi) is 46.5. The second-order valence-electron chi connectivity index (χ2n) is 18.3. The first-order valence-corrected chi connectivity index (χ1v) is 26.4. The number of unbranched alkanes of at least 4 members (excludes halogenated alkanes) is 34. The quantitative estimate of drug-likeness (QED) is 0.0322. The van der Waals surface area contributed by atoms with Crippen molar-refractivity contribution in [2.24, 2.45) is 0 Å². The number of hydrogen-bond acceptors (Lipinski definition) is 5. The van der Waals surface area contributed by atoms with E-state index in [1.54, 1.807) is 0 Å². The Hall–Kier alpha value is -1.40. The molecule has 0 aliphatic carbocycles. The molecule has 0 aliphatic rings. The summed E-state index contributed by atoms with van der Waals surface area (Å²) in [6.45, 7) is 6.49. The molecule has 6 heteroatoms. The normalized spacial score (nSPS) is 13.2. The molecule has 0 radical (unpaired) electrons. The largest absolute Gasteiger partial charge is 0.462 e. The van der Waals surface area contributed by atoms with E-state index >= 15 is 0 Å². The zero-order valence-electron chi connectivity index (χ0n) is 39.9. The van der Waals surface area contributed by atoms with Crippen LogP contribution >= 0.6 is 0 Å². The second-order valence-corrected chi connectivity index (χ2v) is 18.3. The van der Waals surface area contributed by atoms with Gasteiger partial charge in [-0.25, -0.2) is 0 Å². The van der Waals surface area contributed by atoms with Gasteiger partial charge in [-0.05, 0) is 51.4 Å². The number of carbonyl (C=O) groups excluding carboxylic acids is 2. The Morgan fingerprint density at radius 2 is 0.814 bits per heavy atom. The number of ether oxygens (including phenoxy) is 1. The third-order valence-corrected chi connectivity index (χ3v) is 12.3. The monoisotopic (exact) mass is 834 g/mol. The van der Waals surface area contributed by atoms with Gasteiger partial charge in [0.25, 0.3) is 0 Å². The molecule has 0 spiro atoms. The van der Waals surface area contributed by atoms with Crippen LogP contribution in [0.4, 0.5) is 0 Å². The molecule has 3 N–H and O–H groups in total. The summed E-state index contributed by atoms with van der Waals surface area (Å²) in [5.74, 6) is -0.465. The summed E-state index contributed by atoms with van der Waals surface area (Å²) in [7, 11) is 0. The van der Waals surface area contributed by atoms with Crippen LogP contribution in [-0.4, -0.2) is 46.9 Å². The van der Waals surface area contributed by atoms with Gasteiger partial charge >= 0.3 is 5.97 Å². The number of amides is 1. The Morgan fingerprint density at radius 3 is 1.20 bits per heavy atom. The van der Waals surface area contributed by atoms with Crippen molar-refractivity contribution in [1.82, 2.24) is 5.32 Å². The fraction of sp³-hybridized carbons (Fsp3) is 0.925.